The van der Waals surface area contributed by atoms with Gasteiger partial charge >= 0.3 is 0 Å². The molecule has 1 aliphatic rings. The van der Waals surface area contributed by atoms with Gasteiger partial charge in [0.05, 0.1) is 19.0 Å². The SMILES string of the molecule is OCCn1cnc2c(N3CCN(C(c4ccc(F)cc4)c4ccc(F)cc4)CC3)ncnc21. The van der Waals surface area contributed by atoms with Crippen LogP contribution in [0.2, 0.25) is 0 Å². The molecule has 4 aromatic rings. The Bertz CT molecular complexity index is 1170. The lowest BCUT2D eigenvalue weighted by Gasteiger charge is -2.40. The third-order valence-corrected chi connectivity index (χ3v) is 6.07. The molecule has 0 atom stereocenters. The number of benzene rings is 2. The van der Waals surface area contributed by atoms with Crippen LogP contribution < -0.4 is 4.90 Å². The van der Waals surface area contributed by atoms with E-state index in [9.17, 15) is 13.9 Å². The third kappa shape index (κ3) is 4.29. The second-order valence-corrected chi connectivity index (χ2v) is 8.06. The van der Waals surface area contributed by atoms with Crippen molar-refractivity contribution in [2.45, 2.75) is 12.6 Å². The number of fused-ring (bicyclic) bond motifs is 1. The summed E-state index contributed by atoms with van der Waals surface area (Å²) < 4.78 is 28.9. The van der Waals surface area contributed by atoms with E-state index < -0.39 is 0 Å². The normalized spacial score (nSPS) is 15.0. The Morgan fingerprint density at radius 3 is 2.00 bits per heavy atom. The molecule has 2 aromatic carbocycles. The minimum Gasteiger partial charge on any atom is -0.395 e. The van der Waals surface area contributed by atoms with Crippen LogP contribution in [0, 0.1) is 11.6 Å². The van der Waals surface area contributed by atoms with Gasteiger partial charge in [-0.3, -0.25) is 4.90 Å². The summed E-state index contributed by atoms with van der Waals surface area (Å²) in [6.45, 7) is 3.36. The number of rotatable bonds is 6. The van der Waals surface area contributed by atoms with Gasteiger partial charge in [-0.25, -0.2) is 23.7 Å². The van der Waals surface area contributed by atoms with E-state index in [0.717, 1.165) is 43.1 Å². The summed E-state index contributed by atoms with van der Waals surface area (Å²) in [5.41, 5.74) is 3.34. The predicted molar refractivity (Wildman–Crippen MR) is 121 cm³/mol. The summed E-state index contributed by atoms with van der Waals surface area (Å²) in [6.07, 6.45) is 3.20. The molecule has 3 heterocycles. The van der Waals surface area contributed by atoms with Crippen molar-refractivity contribution >= 4 is 17.0 Å². The first-order valence-corrected chi connectivity index (χ1v) is 10.9. The van der Waals surface area contributed by atoms with Gasteiger partial charge in [0.2, 0.25) is 0 Å². The quantitative estimate of drug-likeness (QED) is 0.487. The minimum atomic E-state index is -0.283. The van der Waals surface area contributed by atoms with Crippen molar-refractivity contribution in [1.82, 2.24) is 24.4 Å². The zero-order chi connectivity index (χ0) is 22.8. The van der Waals surface area contributed by atoms with E-state index in [1.807, 2.05) is 4.57 Å². The van der Waals surface area contributed by atoms with Gasteiger partial charge in [-0.1, -0.05) is 24.3 Å². The number of aliphatic hydroxyl groups excluding tert-OH is 1. The predicted octanol–water partition coefficient (Wildman–Crippen LogP) is 3.01. The number of hydrogen-bond acceptors (Lipinski definition) is 6. The van der Waals surface area contributed by atoms with Crippen LogP contribution in [-0.2, 0) is 6.54 Å². The van der Waals surface area contributed by atoms with E-state index in [2.05, 4.69) is 24.8 Å². The maximum Gasteiger partial charge on any atom is 0.165 e. The second-order valence-electron chi connectivity index (χ2n) is 8.06. The van der Waals surface area contributed by atoms with Gasteiger partial charge in [-0.05, 0) is 35.4 Å². The maximum absolute atomic E-state index is 13.6. The summed E-state index contributed by atoms with van der Waals surface area (Å²) in [7, 11) is 0. The van der Waals surface area contributed by atoms with Crippen molar-refractivity contribution in [2.75, 3.05) is 37.7 Å². The summed E-state index contributed by atoms with van der Waals surface area (Å²) in [6, 6.07) is 12.9. The topological polar surface area (TPSA) is 70.3 Å². The van der Waals surface area contributed by atoms with Gasteiger partial charge in [-0.15, -0.1) is 0 Å². The Labute approximate surface area is 189 Å². The molecule has 170 valence electrons. The smallest absolute Gasteiger partial charge is 0.165 e. The van der Waals surface area contributed by atoms with E-state index in [4.69, 9.17) is 0 Å². The highest BCUT2D eigenvalue weighted by atomic mass is 19.1. The average Bonchev–Trinajstić information content (AvgIpc) is 3.25. The number of anilines is 1. The fourth-order valence-corrected chi connectivity index (χ4v) is 4.47. The van der Waals surface area contributed by atoms with Gasteiger partial charge in [0.25, 0.3) is 0 Å². The van der Waals surface area contributed by atoms with Gasteiger partial charge < -0.3 is 14.6 Å². The molecule has 0 bridgehead atoms. The molecule has 0 amide bonds. The van der Waals surface area contributed by atoms with E-state index in [-0.39, 0.29) is 24.3 Å². The molecule has 33 heavy (non-hydrogen) atoms. The van der Waals surface area contributed by atoms with Gasteiger partial charge in [-0.2, -0.15) is 0 Å². The molecule has 0 spiro atoms. The van der Waals surface area contributed by atoms with Gasteiger partial charge in [0, 0.05) is 32.7 Å². The van der Waals surface area contributed by atoms with Crippen LogP contribution in [0.1, 0.15) is 17.2 Å². The largest absolute Gasteiger partial charge is 0.395 e. The first kappa shape index (κ1) is 21.4. The molecule has 0 saturated carbocycles. The number of imidazole rings is 1. The number of nitrogens with zero attached hydrogens (tertiary/aromatic N) is 6. The molecule has 1 aliphatic heterocycles. The fourth-order valence-electron chi connectivity index (χ4n) is 4.47. The standard InChI is InChI=1S/C24H24F2N6O/c25-19-5-1-17(2-6-19)22(18-3-7-20(26)8-4-18)30-9-11-31(12-10-30)23-21-24(28-15-27-23)32(13-14-33)16-29-21/h1-8,15-16,22,33H,9-14H2. The van der Waals surface area contributed by atoms with Crippen LogP contribution in [-0.4, -0.2) is 62.3 Å². The molecule has 0 unspecified atom stereocenters. The molecular formula is C24H24F2N6O. The van der Waals surface area contributed by atoms with Gasteiger partial charge in [0.15, 0.2) is 17.0 Å². The van der Waals surface area contributed by atoms with Crippen molar-refractivity contribution in [2.24, 2.45) is 0 Å². The third-order valence-electron chi connectivity index (χ3n) is 6.07. The fraction of sp³-hybridized carbons (Fsp3) is 0.292. The van der Waals surface area contributed by atoms with E-state index in [1.54, 1.807) is 30.6 Å². The number of hydrogen-bond donors (Lipinski definition) is 1. The van der Waals surface area contributed by atoms with Crippen molar-refractivity contribution in [3.63, 3.8) is 0 Å². The van der Waals surface area contributed by atoms with Crippen molar-refractivity contribution in [1.29, 1.82) is 0 Å². The Morgan fingerprint density at radius 1 is 0.818 bits per heavy atom. The molecule has 0 aliphatic carbocycles. The van der Waals surface area contributed by atoms with E-state index in [0.29, 0.717) is 17.7 Å². The van der Waals surface area contributed by atoms with Crippen LogP contribution in [0.5, 0.6) is 0 Å². The number of aromatic nitrogens is 4. The Balaban J connectivity index is 1.40. The van der Waals surface area contributed by atoms with Crippen molar-refractivity contribution in [3.05, 3.63) is 83.9 Å². The summed E-state index contributed by atoms with van der Waals surface area (Å²) in [4.78, 5) is 17.8. The van der Waals surface area contributed by atoms with Crippen LogP contribution in [0.15, 0.2) is 61.2 Å². The molecule has 2 aromatic heterocycles. The van der Waals surface area contributed by atoms with Crippen LogP contribution in [0.25, 0.3) is 11.2 Å². The number of piperazine rings is 1. The van der Waals surface area contributed by atoms with Gasteiger partial charge in [0.1, 0.15) is 18.0 Å². The zero-order valence-electron chi connectivity index (χ0n) is 18.0. The average molecular weight is 450 g/mol. The maximum atomic E-state index is 13.6. The monoisotopic (exact) mass is 450 g/mol. The van der Waals surface area contributed by atoms with E-state index >= 15 is 0 Å². The summed E-state index contributed by atoms with van der Waals surface area (Å²) in [5, 5.41) is 9.27. The lowest BCUT2D eigenvalue weighted by Crippen LogP contribution is -2.48. The highest BCUT2D eigenvalue weighted by Gasteiger charge is 2.28. The molecule has 1 N–H and O–H groups in total. The first-order chi connectivity index (χ1) is 16.1. The van der Waals surface area contributed by atoms with Crippen LogP contribution in [0.4, 0.5) is 14.6 Å². The highest BCUT2D eigenvalue weighted by Crippen LogP contribution is 2.31. The molecule has 7 nitrogen and oxygen atoms in total. The minimum absolute atomic E-state index is 0.0115. The lowest BCUT2D eigenvalue weighted by molar-refractivity contribution is 0.212. The Morgan fingerprint density at radius 2 is 1.42 bits per heavy atom. The lowest BCUT2D eigenvalue weighted by atomic mass is 9.96. The summed E-state index contributed by atoms with van der Waals surface area (Å²) in [5.74, 6) is 0.209. The summed E-state index contributed by atoms with van der Waals surface area (Å²) >= 11 is 0. The molecule has 1 fully saturated rings. The molecule has 9 heteroatoms. The molecule has 0 radical (unpaired) electrons. The molecule has 1 saturated heterocycles. The highest BCUT2D eigenvalue weighted by molar-refractivity contribution is 5.83. The van der Waals surface area contributed by atoms with Crippen molar-refractivity contribution in [3.8, 4) is 0 Å². The second kappa shape index (κ2) is 9.21. The zero-order valence-corrected chi connectivity index (χ0v) is 18.0. The molecular weight excluding hydrogens is 426 g/mol. The van der Waals surface area contributed by atoms with E-state index in [1.165, 1.54) is 30.6 Å². The number of halogens is 2. The first-order valence-electron chi connectivity index (χ1n) is 10.9. The molecule has 5 rings (SSSR count). The Hall–Kier alpha value is -3.43. The van der Waals surface area contributed by atoms with Crippen LogP contribution in [0.3, 0.4) is 0 Å². The Kier molecular flexibility index (Phi) is 5.97. The van der Waals surface area contributed by atoms with Crippen molar-refractivity contribution < 1.29 is 13.9 Å². The van der Waals surface area contributed by atoms with Crippen LogP contribution >= 0.6 is 0 Å². The number of aliphatic hydroxyl groups is 1.